The van der Waals surface area contributed by atoms with Crippen molar-refractivity contribution in [3.05, 3.63) is 40.7 Å². The maximum Gasteiger partial charge on any atom is 0.358 e. The van der Waals surface area contributed by atoms with Crippen molar-refractivity contribution < 1.29 is 14.7 Å². The number of anilines is 1. The number of nitrogens with one attached hydrogen (secondary N) is 1. The molecule has 0 bridgehead atoms. The van der Waals surface area contributed by atoms with E-state index in [1.807, 2.05) is 0 Å². The number of aromatic nitrogens is 3. The second-order valence-corrected chi connectivity index (χ2v) is 4.56. The van der Waals surface area contributed by atoms with Crippen LogP contribution in [-0.4, -0.2) is 38.5 Å². The lowest BCUT2D eigenvalue weighted by Crippen LogP contribution is -2.13. The summed E-state index contributed by atoms with van der Waals surface area (Å²) in [6.45, 7) is 0.867. The lowest BCUT2D eigenvalue weighted by molar-refractivity contribution is 0.0690. The van der Waals surface area contributed by atoms with Crippen LogP contribution in [0.25, 0.3) is 0 Å². The summed E-state index contributed by atoms with van der Waals surface area (Å²) < 4.78 is 1.40. The molecule has 0 fully saturated rings. The number of hydrogen-bond donors (Lipinski definition) is 3. The van der Waals surface area contributed by atoms with Gasteiger partial charge in [0.05, 0.1) is 23.5 Å². The Morgan fingerprint density at radius 2 is 2.19 bits per heavy atom. The van der Waals surface area contributed by atoms with Gasteiger partial charge in [0.2, 0.25) is 5.91 Å². The molecule has 21 heavy (non-hydrogen) atoms. The number of hydrogen-bond acceptors (Lipinski definition) is 5. The Morgan fingerprint density at radius 3 is 2.76 bits per heavy atom. The first-order valence-electron chi connectivity index (χ1n) is 5.94. The predicted molar refractivity (Wildman–Crippen MR) is 75.4 cm³/mol. The number of halogens is 1. The number of primary amides is 1. The third kappa shape index (κ3) is 3.69. The second kappa shape index (κ2) is 6.23. The molecule has 2 aromatic rings. The van der Waals surface area contributed by atoms with Gasteiger partial charge in [-0.3, -0.25) is 4.79 Å². The molecule has 1 heterocycles. The SMILES string of the molecule is NC(=O)c1ccc(NCCn2cc(C(=O)O)nn2)c(Cl)c1. The topological polar surface area (TPSA) is 123 Å². The molecular formula is C12H12ClN5O3. The second-order valence-electron chi connectivity index (χ2n) is 4.16. The summed E-state index contributed by atoms with van der Waals surface area (Å²) in [5, 5.41) is 19.3. The van der Waals surface area contributed by atoms with Gasteiger partial charge in [-0.1, -0.05) is 16.8 Å². The van der Waals surface area contributed by atoms with E-state index in [0.717, 1.165) is 0 Å². The average Bonchev–Trinajstić information content (AvgIpc) is 2.89. The molecule has 1 amide bonds. The van der Waals surface area contributed by atoms with Crippen molar-refractivity contribution in [1.82, 2.24) is 15.0 Å². The van der Waals surface area contributed by atoms with Crippen molar-refractivity contribution in [3.8, 4) is 0 Å². The quantitative estimate of drug-likeness (QED) is 0.726. The van der Waals surface area contributed by atoms with Crippen LogP contribution in [0.15, 0.2) is 24.4 Å². The number of nitrogens with zero attached hydrogens (tertiary/aromatic N) is 3. The highest BCUT2D eigenvalue weighted by atomic mass is 35.5. The maximum absolute atomic E-state index is 11.0. The third-order valence-corrected chi connectivity index (χ3v) is 2.98. The molecule has 0 unspecified atom stereocenters. The molecule has 8 nitrogen and oxygen atoms in total. The van der Waals surface area contributed by atoms with E-state index in [2.05, 4.69) is 15.6 Å². The number of benzene rings is 1. The standard InChI is InChI=1S/C12H12ClN5O3/c13-8-5-7(11(14)19)1-2-9(8)15-3-4-18-6-10(12(20)21)16-17-18/h1-2,5-6,15H,3-4H2,(H2,14,19)(H,20,21). The largest absolute Gasteiger partial charge is 0.476 e. The van der Waals surface area contributed by atoms with E-state index in [0.29, 0.717) is 29.4 Å². The predicted octanol–water partition coefficient (Wildman–Crippen LogP) is 0.841. The number of carboxylic acid groups (broad SMARTS) is 1. The number of carbonyl (C=O) groups excluding carboxylic acids is 1. The zero-order valence-electron chi connectivity index (χ0n) is 10.8. The van der Waals surface area contributed by atoms with Gasteiger partial charge >= 0.3 is 5.97 Å². The van der Waals surface area contributed by atoms with Gasteiger partial charge in [-0.2, -0.15) is 0 Å². The van der Waals surface area contributed by atoms with Crippen LogP contribution in [0, 0.1) is 0 Å². The van der Waals surface area contributed by atoms with Gasteiger partial charge in [-0.25, -0.2) is 9.48 Å². The van der Waals surface area contributed by atoms with Gasteiger partial charge in [0.15, 0.2) is 5.69 Å². The summed E-state index contributed by atoms with van der Waals surface area (Å²) in [6, 6.07) is 4.69. The van der Waals surface area contributed by atoms with Crippen LogP contribution in [0.1, 0.15) is 20.8 Å². The van der Waals surface area contributed by atoms with Crippen LogP contribution in [0.2, 0.25) is 5.02 Å². The smallest absolute Gasteiger partial charge is 0.358 e. The first-order chi connectivity index (χ1) is 9.97. The Hall–Kier alpha value is -2.61. The highest BCUT2D eigenvalue weighted by molar-refractivity contribution is 6.33. The number of amides is 1. The summed E-state index contributed by atoms with van der Waals surface area (Å²) in [5.74, 6) is -1.67. The molecule has 0 aliphatic carbocycles. The zero-order chi connectivity index (χ0) is 15.4. The molecule has 0 atom stereocenters. The summed E-state index contributed by atoms with van der Waals surface area (Å²) >= 11 is 6.02. The van der Waals surface area contributed by atoms with E-state index in [1.165, 1.54) is 16.9 Å². The number of rotatable bonds is 6. The highest BCUT2D eigenvalue weighted by Gasteiger charge is 2.08. The van der Waals surface area contributed by atoms with E-state index < -0.39 is 11.9 Å². The van der Waals surface area contributed by atoms with E-state index in [9.17, 15) is 9.59 Å². The fourth-order valence-corrected chi connectivity index (χ4v) is 1.87. The minimum absolute atomic E-state index is 0.112. The van der Waals surface area contributed by atoms with Crippen molar-refractivity contribution in [2.24, 2.45) is 5.73 Å². The van der Waals surface area contributed by atoms with Crippen LogP contribution >= 0.6 is 11.6 Å². The van der Waals surface area contributed by atoms with E-state index in [1.54, 1.807) is 12.1 Å². The molecule has 9 heteroatoms. The molecule has 0 aliphatic heterocycles. The first kappa shape index (κ1) is 14.8. The van der Waals surface area contributed by atoms with Crippen molar-refractivity contribution in [2.75, 3.05) is 11.9 Å². The Labute approximate surface area is 124 Å². The normalized spacial score (nSPS) is 10.3. The Morgan fingerprint density at radius 1 is 1.43 bits per heavy atom. The maximum atomic E-state index is 11.0. The molecule has 1 aromatic carbocycles. The Kier molecular flexibility index (Phi) is 4.39. The van der Waals surface area contributed by atoms with Gasteiger partial charge in [-0.15, -0.1) is 5.10 Å². The molecule has 0 spiro atoms. The van der Waals surface area contributed by atoms with E-state index in [4.69, 9.17) is 22.4 Å². The number of nitrogens with two attached hydrogens (primary N) is 1. The lowest BCUT2D eigenvalue weighted by atomic mass is 10.2. The number of aromatic carboxylic acids is 1. The molecule has 1 aromatic heterocycles. The summed E-state index contributed by atoms with van der Waals surface area (Å²) in [5.41, 5.74) is 6.00. The Balaban J connectivity index is 1.93. The van der Waals surface area contributed by atoms with Gasteiger partial charge in [-0.05, 0) is 18.2 Å². The summed E-state index contributed by atoms with van der Waals surface area (Å²) in [6.07, 6.45) is 1.34. The molecule has 0 saturated heterocycles. The van der Waals surface area contributed by atoms with E-state index in [-0.39, 0.29) is 5.69 Å². The number of carbonyl (C=O) groups is 2. The van der Waals surface area contributed by atoms with Crippen molar-refractivity contribution in [1.29, 1.82) is 0 Å². The summed E-state index contributed by atoms with van der Waals surface area (Å²) in [7, 11) is 0. The van der Waals surface area contributed by atoms with Crippen molar-refractivity contribution >= 4 is 29.2 Å². The molecule has 4 N–H and O–H groups in total. The minimum atomic E-state index is -1.13. The fourth-order valence-electron chi connectivity index (χ4n) is 1.62. The van der Waals surface area contributed by atoms with Gasteiger partial charge in [0.1, 0.15) is 0 Å². The van der Waals surface area contributed by atoms with Crippen molar-refractivity contribution in [3.63, 3.8) is 0 Å². The van der Waals surface area contributed by atoms with Crippen LogP contribution in [0.5, 0.6) is 0 Å². The first-order valence-corrected chi connectivity index (χ1v) is 6.32. The highest BCUT2D eigenvalue weighted by Crippen LogP contribution is 2.22. The van der Waals surface area contributed by atoms with Crippen molar-refractivity contribution in [2.45, 2.75) is 6.54 Å². The van der Waals surface area contributed by atoms with Crippen LogP contribution < -0.4 is 11.1 Å². The third-order valence-electron chi connectivity index (χ3n) is 2.67. The van der Waals surface area contributed by atoms with Gasteiger partial charge in [0.25, 0.3) is 0 Å². The molecule has 0 aliphatic rings. The zero-order valence-corrected chi connectivity index (χ0v) is 11.5. The van der Waals surface area contributed by atoms with E-state index >= 15 is 0 Å². The molecule has 2 rings (SSSR count). The Bertz CT molecular complexity index is 685. The molecule has 110 valence electrons. The molecule has 0 saturated carbocycles. The fraction of sp³-hybridized carbons (Fsp3) is 0.167. The van der Waals surface area contributed by atoms with Crippen LogP contribution in [-0.2, 0) is 6.54 Å². The van der Waals surface area contributed by atoms with Gasteiger partial charge in [0, 0.05) is 12.1 Å². The lowest BCUT2D eigenvalue weighted by Gasteiger charge is -2.08. The minimum Gasteiger partial charge on any atom is -0.476 e. The van der Waals surface area contributed by atoms with Crippen LogP contribution in [0.3, 0.4) is 0 Å². The molecular weight excluding hydrogens is 298 g/mol. The summed E-state index contributed by atoms with van der Waals surface area (Å²) in [4.78, 5) is 21.7. The van der Waals surface area contributed by atoms with Gasteiger partial charge < -0.3 is 16.2 Å². The average molecular weight is 310 g/mol. The number of carboxylic acids is 1. The molecule has 0 radical (unpaired) electrons. The monoisotopic (exact) mass is 309 g/mol. The van der Waals surface area contributed by atoms with Crippen LogP contribution in [0.4, 0.5) is 5.69 Å².